The molecule has 1 aliphatic rings. The highest BCUT2D eigenvalue weighted by Gasteiger charge is 2.26. The zero-order chi connectivity index (χ0) is 18.8. The summed E-state index contributed by atoms with van der Waals surface area (Å²) in [6.07, 6.45) is 5.09. The predicted octanol–water partition coefficient (Wildman–Crippen LogP) is 3.19. The van der Waals surface area contributed by atoms with E-state index >= 15 is 0 Å². The van der Waals surface area contributed by atoms with Crippen LogP contribution in [0.4, 0.5) is 5.95 Å². The lowest BCUT2D eigenvalue weighted by Crippen LogP contribution is -2.28. The summed E-state index contributed by atoms with van der Waals surface area (Å²) in [5.41, 5.74) is 1.71. The number of fused-ring (bicyclic) bond motifs is 1. The molecule has 1 aromatic carbocycles. The average molecular weight is 383 g/mol. The lowest BCUT2D eigenvalue weighted by atomic mass is 9.82. The van der Waals surface area contributed by atoms with Gasteiger partial charge in [0, 0.05) is 29.7 Å². The maximum atomic E-state index is 12.5. The molecule has 1 fully saturated rings. The summed E-state index contributed by atoms with van der Waals surface area (Å²) in [6, 6.07) is 5.87. The number of hydrogen-bond donors (Lipinski definition) is 2. The standard InChI is InChI=1S/C19H21N5O2S/c1-11-23-24-18(27-11)14-6-7-15-9-20-19(21-16(15)8-14)22-17(26)13-4-2-12(10-25)3-5-13/h6-9,12-13,25H,2-5,10H2,1H3,(H,20,21,22,26). The van der Waals surface area contributed by atoms with Crippen molar-refractivity contribution in [2.75, 3.05) is 11.9 Å². The molecule has 0 spiro atoms. The van der Waals surface area contributed by atoms with Gasteiger partial charge in [0.2, 0.25) is 11.9 Å². The van der Waals surface area contributed by atoms with E-state index in [-0.39, 0.29) is 18.4 Å². The van der Waals surface area contributed by atoms with Crippen molar-refractivity contribution in [1.29, 1.82) is 0 Å². The van der Waals surface area contributed by atoms with E-state index in [1.54, 1.807) is 6.20 Å². The third-order valence-electron chi connectivity index (χ3n) is 5.07. The number of nitrogens with one attached hydrogen (secondary N) is 1. The highest BCUT2D eigenvalue weighted by atomic mass is 32.1. The van der Waals surface area contributed by atoms with E-state index in [4.69, 9.17) is 0 Å². The molecule has 2 N–H and O–H groups in total. The van der Waals surface area contributed by atoms with E-state index in [1.807, 2.05) is 25.1 Å². The Bertz CT molecular complexity index is 966. The van der Waals surface area contributed by atoms with E-state index in [9.17, 15) is 9.90 Å². The van der Waals surface area contributed by atoms with Gasteiger partial charge in [-0.25, -0.2) is 9.97 Å². The van der Waals surface area contributed by atoms with Crippen molar-refractivity contribution in [2.45, 2.75) is 32.6 Å². The molecule has 2 heterocycles. The summed E-state index contributed by atoms with van der Waals surface area (Å²) < 4.78 is 0. The molecule has 140 valence electrons. The molecule has 0 atom stereocenters. The van der Waals surface area contributed by atoms with E-state index in [1.165, 1.54) is 11.3 Å². The molecule has 3 aromatic rings. The first kappa shape index (κ1) is 17.9. The molecule has 4 rings (SSSR count). The van der Waals surface area contributed by atoms with Crippen LogP contribution in [0.3, 0.4) is 0 Å². The molecule has 1 amide bonds. The fraction of sp³-hybridized carbons (Fsp3) is 0.421. The minimum absolute atomic E-state index is 0.0391. The molecular formula is C19H21N5O2S. The zero-order valence-corrected chi connectivity index (χ0v) is 15.9. The van der Waals surface area contributed by atoms with Crippen molar-refractivity contribution in [3.05, 3.63) is 29.4 Å². The summed E-state index contributed by atoms with van der Waals surface area (Å²) in [4.78, 5) is 21.3. The maximum Gasteiger partial charge on any atom is 0.229 e. The molecule has 0 unspecified atom stereocenters. The third kappa shape index (κ3) is 3.96. The molecule has 0 saturated heterocycles. The Morgan fingerprint density at radius 1 is 1.26 bits per heavy atom. The second kappa shape index (κ2) is 7.66. The molecular weight excluding hydrogens is 362 g/mol. The van der Waals surface area contributed by atoms with Crippen LogP contribution in [0.15, 0.2) is 24.4 Å². The number of aliphatic hydroxyl groups is 1. The number of carbonyl (C=O) groups is 1. The van der Waals surface area contributed by atoms with Gasteiger partial charge >= 0.3 is 0 Å². The number of benzene rings is 1. The number of anilines is 1. The van der Waals surface area contributed by atoms with Crippen LogP contribution in [0, 0.1) is 18.8 Å². The third-order valence-corrected chi connectivity index (χ3v) is 5.95. The topological polar surface area (TPSA) is 101 Å². The van der Waals surface area contributed by atoms with Gasteiger partial charge in [-0.3, -0.25) is 10.1 Å². The van der Waals surface area contributed by atoms with Gasteiger partial charge in [0.15, 0.2) is 0 Å². The van der Waals surface area contributed by atoms with Gasteiger partial charge in [-0.2, -0.15) is 0 Å². The Morgan fingerprint density at radius 3 is 2.78 bits per heavy atom. The normalized spacial score (nSPS) is 19.9. The molecule has 27 heavy (non-hydrogen) atoms. The van der Waals surface area contributed by atoms with Gasteiger partial charge < -0.3 is 5.11 Å². The lowest BCUT2D eigenvalue weighted by Gasteiger charge is -2.26. The number of aromatic nitrogens is 4. The molecule has 2 aromatic heterocycles. The number of carbonyl (C=O) groups excluding carboxylic acids is 1. The van der Waals surface area contributed by atoms with Crippen molar-refractivity contribution in [3.63, 3.8) is 0 Å². The molecule has 1 saturated carbocycles. The van der Waals surface area contributed by atoms with E-state index in [2.05, 4.69) is 25.5 Å². The van der Waals surface area contributed by atoms with Crippen LogP contribution in [-0.2, 0) is 4.79 Å². The summed E-state index contributed by atoms with van der Waals surface area (Å²) in [6.45, 7) is 2.13. The summed E-state index contributed by atoms with van der Waals surface area (Å²) in [7, 11) is 0. The van der Waals surface area contributed by atoms with Crippen LogP contribution in [0.2, 0.25) is 0 Å². The highest BCUT2D eigenvalue weighted by Crippen LogP contribution is 2.29. The fourth-order valence-corrected chi connectivity index (χ4v) is 4.14. The van der Waals surface area contributed by atoms with Gasteiger partial charge in [0.25, 0.3) is 0 Å². The van der Waals surface area contributed by atoms with Gasteiger partial charge in [-0.15, -0.1) is 10.2 Å². The Morgan fingerprint density at radius 2 is 2.07 bits per heavy atom. The largest absolute Gasteiger partial charge is 0.396 e. The molecule has 0 bridgehead atoms. The predicted molar refractivity (Wildman–Crippen MR) is 104 cm³/mol. The summed E-state index contributed by atoms with van der Waals surface area (Å²) >= 11 is 1.53. The number of amides is 1. The summed E-state index contributed by atoms with van der Waals surface area (Å²) in [5.74, 6) is 0.570. The first-order chi connectivity index (χ1) is 13.1. The number of rotatable bonds is 4. The number of aliphatic hydroxyl groups excluding tert-OH is 1. The second-order valence-electron chi connectivity index (χ2n) is 6.98. The minimum Gasteiger partial charge on any atom is -0.396 e. The zero-order valence-electron chi connectivity index (χ0n) is 15.1. The van der Waals surface area contributed by atoms with Gasteiger partial charge in [-0.1, -0.05) is 23.5 Å². The minimum atomic E-state index is -0.0401. The monoisotopic (exact) mass is 383 g/mol. The van der Waals surface area contributed by atoms with Gasteiger partial charge in [0.1, 0.15) is 10.0 Å². The van der Waals surface area contributed by atoms with E-state index in [0.717, 1.165) is 52.2 Å². The highest BCUT2D eigenvalue weighted by molar-refractivity contribution is 7.14. The van der Waals surface area contributed by atoms with Crippen molar-refractivity contribution in [3.8, 4) is 10.6 Å². The van der Waals surface area contributed by atoms with Crippen LogP contribution in [0.1, 0.15) is 30.7 Å². The maximum absolute atomic E-state index is 12.5. The van der Waals surface area contributed by atoms with E-state index < -0.39 is 0 Å². The molecule has 1 aliphatic carbocycles. The SMILES string of the molecule is Cc1nnc(-c2ccc3cnc(NC(=O)C4CCC(CO)CC4)nc3c2)s1. The van der Waals surface area contributed by atoms with Crippen molar-refractivity contribution in [1.82, 2.24) is 20.2 Å². The van der Waals surface area contributed by atoms with Crippen molar-refractivity contribution < 1.29 is 9.90 Å². The number of nitrogens with zero attached hydrogens (tertiary/aromatic N) is 4. The molecule has 0 aliphatic heterocycles. The Labute approximate surface area is 160 Å². The number of aryl methyl sites for hydroxylation is 1. The van der Waals surface area contributed by atoms with Crippen molar-refractivity contribution >= 4 is 34.1 Å². The lowest BCUT2D eigenvalue weighted by molar-refractivity contribution is -0.121. The molecule has 7 nitrogen and oxygen atoms in total. The van der Waals surface area contributed by atoms with Crippen LogP contribution in [-0.4, -0.2) is 37.8 Å². The van der Waals surface area contributed by atoms with Crippen LogP contribution in [0.25, 0.3) is 21.5 Å². The first-order valence-corrected chi connectivity index (χ1v) is 9.93. The summed E-state index contributed by atoms with van der Waals surface area (Å²) in [5, 5.41) is 23.0. The van der Waals surface area contributed by atoms with Gasteiger partial charge in [0.05, 0.1) is 5.52 Å². The Hall–Kier alpha value is -2.45. The Kier molecular flexibility index (Phi) is 5.09. The first-order valence-electron chi connectivity index (χ1n) is 9.11. The number of hydrogen-bond acceptors (Lipinski definition) is 7. The van der Waals surface area contributed by atoms with Gasteiger partial charge in [-0.05, 0) is 44.6 Å². The second-order valence-corrected chi connectivity index (χ2v) is 8.16. The van der Waals surface area contributed by atoms with E-state index in [0.29, 0.717) is 11.9 Å². The van der Waals surface area contributed by atoms with Crippen LogP contribution in [0.5, 0.6) is 0 Å². The van der Waals surface area contributed by atoms with Crippen molar-refractivity contribution in [2.24, 2.45) is 11.8 Å². The quantitative estimate of drug-likeness (QED) is 0.717. The Balaban J connectivity index is 1.51. The molecule has 8 heteroatoms. The molecule has 0 radical (unpaired) electrons. The smallest absolute Gasteiger partial charge is 0.229 e. The fourth-order valence-electron chi connectivity index (χ4n) is 3.45. The average Bonchev–Trinajstić information content (AvgIpc) is 3.14. The van der Waals surface area contributed by atoms with Crippen LogP contribution < -0.4 is 5.32 Å². The van der Waals surface area contributed by atoms with Crippen LogP contribution >= 0.6 is 11.3 Å².